The number of nitrogens with one attached hydrogen (secondary N) is 2. The molecule has 1 heterocycles. The SMILES string of the molecule is COCCC(N)C(=O)NCCCc1ncn[nH]1. The van der Waals surface area contributed by atoms with Crippen LogP contribution in [0.15, 0.2) is 6.33 Å². The predicted octanol–water partition coefficient (Wildman–Crippen LogP) is -0.783. The van der Waals surface area contributed by atoms with E-state index in [2.05, 4.69) is 20.5 Å². The molecule has 1 aromatic heterocycles. The first-order chi connectivity index (χ1) is 8.24. The average Bonchev–Trinajstić information content (AvgIpc) is 2.84. The lowest BCUT2D eigenvalue weighted by molar-refractivity contribution is -0.122. The molecule has 0 saturated carbocycles. The Kier molecular flexibility index (Phi) is 6.19. The van der Waals surface area contributed by atoms with Gasteiger partial charge in [-0.2, -0.15) is 5.10 Å². The maximum atomic E-state index is 11.5. The zero-order valence-electron chi connectivity index (χ0n) is 9.98. The molecule has 1 rings (SSSR count). The molecule has 1 atom stereocenters. The molecule has 0 aliphatic rings. The first-order valence-corrected chi connectivity index (χ1v) is 5.60. The Morgan fingerprint density at radius 1 is 1.71 bits per heavy atom. The van der Waals surface area contributed by atoms with Crippen molar-refractivity contribution in [2.45, 2.75) is 25.3 Å². The van der Waals surface area contributed by atoms with Gasteiger partial charge in [-0.15, -0.1) is 0 Å². The van der Waals surface area contributed by atoms with Crippen molar-refractivity contribution < 1.29 is 9.53 Å². The third-order valence-corrected chi connectivity index (χ3v) is 2.32. The van der Waals surface area contributed by atoms with Crippen molar-refractivity contribution in [2.24, 2.45) is 5.73 Å². The van der Waals surface area contributed by atoms with Gasteiger partial charge in [0.15, 0.2) is 0 Å². The minimum Gasteiger partial charge on any atom is -0.385 e. The Bertz CT molecular complexity index is 315. The van der Waals surface area contributed by atoms with Crippen molar-refractivity contribution >= 4 is 5.91 Å². The third-order valence-electron chi connectivity index (χ3n) is 2.32. The van der Waals surface area contributed by atoms with E-state index >= 15 is 0 Å². The number of ether oxygens (including phenoxy) is 1. The summed E-state index contributed by atoms with van der Waals surface area (Å²) in [5.41, 5.74) is 5.66. The second-order valence-corrected chi connectivity index (χ2v) is 3.71. The van der Waals surface area contributed by atoms with E-state index in [1.165, 1.54) is 6.33 Å². The molecular formula is C10H19N5O2. The number of rotatable bonds is 8. The third kappa shape index (κ3) is 5.41. The van der Waals surface area contributed by atoms with Gasteiger partial charge in [-0.25, -0.2) is 4.98 Å². The van der Waals surface area contributed by atoms with Gasteiger partial charge in [-0.05, 0) is 12.8 Å². The fourth-order valence-corrected chi connectivity index (χ4v) is 1.33. The molecule has 7 nitrogen and oxygen atoms in total. The second kappa shape index (κ2) is 7.75. The lowest BCUT2D eigenvalue weighted by atomic mass is 10.2. The molecule has 1 unspecified atom stereocenters. The number of H-pyrrole nitrogens is 1. The summed E-state index contributed by atoms with van der Waals surface area (Å²) in [5.74, 6) is 0.683. The number of aromatic amines is 1. The summed E-state index contributed by atoms with van der Waals surface area (Å²) >= 11 is 0. The molecule has 4 N–H and O–H groups in total. The number of nitrogens with zero attached hydrogens (tertiary/aromatic N) is 2. The smallest absolute Gasteiger partial charge is 0.237 e. The van der Waals surface area contributed by atoms with Crippen LogP contribution in [0.2, 0.25) is 0 Å². The number of hydrogen-bond donors (Lipinski definition) is 3. The van der Waals surface area contributed by atoms with Gasteiger partial charge in [0, 0.05) is 26.7 Å². The van der Waals surface area contributed by atoms with E-state index in [1.54, 1.807) is 7.11 Å². The monoisotopic (exact) mass is 241 g/mol. The Morgan fingerprint density at radius 3 is 3.18 bits per heavy atom. The minimum absolute atomic E-state index is 0.139. The first kappa shape index (κ1) is 13.6. The molecule has 17 heavy (non-hydrogen) atoms. The van der Waals surface area contributed by atoms with Crippen LogP contribution in [-0.2, 0) is 16.0 Å². The summed E-state index contributed by atoms with van der Waals surface area (Å²) in [7, 11) is 1.59. The molecule has 1 amide bonds. The standard InChI is InChI=1S/C10H19N5O2/c1-17-6-4-8(11)10(16)12-5-2-3-9-13-7-14-15-9/h7-8H,2-6,11H2,1H3,(H,12,16)(H,13,14,15). The highest BCUT2D eigenvalue weighted by Gasteiger charge is 2.11. The number of methoxy groups -OCH3 is 1. The molecule has 0 radical (unpaired) electrons. The summed E-state index contributed by atoms with van der Waals surface area (Å²) in [4.78, 5) is 15.5. The lowest BCUT2D eigenvalue weighted by Gasteiger charge is -2.11. The fourth-order valence-electron chi connectivity index (χ4n) is 1.33. The van der Waals surface area contributed by atoms with E-state index in [0.717, 1.165) is 18.7 Å². The molecular weight excluding hydrogens is 222 g/mol. The van der Waals surface area contributed by atoms with Crippen LogP contribution >= 0.6 is 0 Å². The normalized spacial score (nSPS) is 12.4. The largest absolute Gasteiger partial charge is 0.385 e. The zero-order chi connectivity index (χ0) is 12.5. The molecule has 1 aromatic rings. The lowest BCUT2D eigenvalue weighted by Crippen LogP contribution is -2.41. The number of hydrogen-bond acceptors (Lipinski definition) is 5. The van der Waals surface area contributed by atoms with Crippen LogP contribution in [0, 0.1) is 0 Å². The van der Waals surface area contributed by atoms with Crippen molar-refractivity contribution in [1.29, 1.82) is 0 Å². The van der Waals surface area contributed by atoms with E-state index in [-0.39, 0.29) is 5.91 Å². The van der Waals surface area contributed by atoms with Crippen molar-refractivity contribution in [2.75, 3.05) is 20.3 Å². The van der Waals surface area contributed by atoms with Crippen LogP contribution in [0.5, 0.6) is 0 Å². The Hall–Kier alpha value is -1.47. The number of carbonyl (C=O) groups excluding carboxylic acids is 1. The highest BCUT2D eigenvalue weighted by molar-refractivity contribution is 5.81. The summed E-state index contributed by atoms with van der Waals surface area (Å²) in [5, 5.41) is 9.27. The van der Waals surface area contributed by atoms with Crippen molar-refractivity contribution in [3.05, 3.63) is 12.2 Å². The van der Waals surface area contributed by atoms with Crippen LogP contribution in [0.3, 0.4) is 0 Å². The van der Waals surface area contributed by atoms with Crippen molar-refractivity contribution in [3.8, 4) is 0 Å². The summed E-state index contributed by atoms with van der Waals surface area (Å²) < 4.78 is 4.86. The van der Waals surface area contributed by atoms with Gasteiger partial charge in [-0.3, -0.25) is 9.89 Å². The molecule has 7 heteroatoms. The number of amides is 1. The fraction of sp³-hybridized carbons (Fsp3) is 0.700. The second-order valence-electron chi connectivity index (χ2n) is 3.71. The summed E-state index contributed by atoms with van der Waals surface area (Å²) in [6.45, 7) is 1.08. The molecule has 0 fully saturated rings. The van der Waals surface area contributed by atoms with E-state index in [9.17, 15) is 4.79 Å². The Balaban J connectivity index is 2.07. The maximum Gasteiger partial charge on any atom is 0.237 e. The molecule has 0 saturated heterocycles. The predicted molar refractivity (Wildman–Crippen MR) is 62.2 cm³/mol. The van der Waals surface area contributed by atoms with E-state index in [4.69, 9.17) is 10.5 Å². The van der Waals surface area contributed by atoms with Crippen LogP contribution in [0.25, 0.3) is 0 Å². The van der Waals surface area contributed by atoms with Crippen LogP contribution < -0.4 is 11.1 Å². The quantitative estimate of drug-likeness (QED) is 0.517. The first-order valence-electron chi connectivity index (χ1n) is 5.60. The van der Waals surface area contributed by atoms with Crippen LogP contribution in [0.1, 0.15) is 18.7 Å². The van der Waals surface area contributed by atoms with E-state index in [0.29, 0.717) is 19.6 Å². The molecule has 0 bridgehead atoms. The van der Waals surface area contributed by atoms with Gasteiger partial charge in [0.25, 0.3) is 0 Å². The number of carbonyl (C=O) groups is 1. The molecule has 0 aliphatic carbocycles. The average molecular weight is 241 g/mol. The van der Waals surface area contributed by atoms with Crippen LogP contribution in [0.4, 0.5) is 0 Å². The van der Waals surface area contributed by atoms with E-state index < -0.39 is 6.04 Å². The maximum absolute atomic E-state index is 11.5. The van der Waals surface area contributed by atoms with Gasteiger partial charge < -0.3 is 15.8 Å². The highest BCUT2D eigenvalue weighted by atomic mass is 16.5. The summed E-state index contributed by atoms with van der Waals surface area (Å²) in [6, 6.07) is -0.500. The van der Waals surface area contributed by atoms with Crippen molar-refractivity contribution in [1.82, 2.24) is 20.5 Å². The molecule has 0 aromatic carbocycles. The van der Waals surface area contributed by atoms with Gasteiger partial charge in [0.05, 0.1) is 6.04 Å². The number of aromatic nitrogens is 3. The number of aryl methyl sites for hydroxylation is 1. The Labute approximate surface area is 100 Å². The van der Waals surface area contributed by atoms with Crippen LogP contribution in [-0.4, -0.2) is 47.4 Å². The topological polar surface area (TPSA) is 106 Å². The van der Waals surface area contributed by atoms with Crippen molar-refractivity contribution in [3.63, 3.8) is 0 Å². The molecule has 96 valence electrons. The van der Waals surface area contributed by atoms with E-state index in [1.807, 2.05) is 0 Å². The van der Waals surface area contributed by atoms with Gasteiger partial charge >= 0.3 is 0 Å². The zero-order valence-corrected chi connectivity index (χ0v) is 9.98. The highest BCUT2D eigenvalue weighted by Crippen LogP contribution is 1.93. The van der Waals surface area contributed by atoms with Gasteiger partial charge in [0.1, 0.15) is 12.2 Å². The molecule has 0 spiro atoms. The Morgan fingerprint density at radius 2 is 2.53 bits per heavy atom. The minimum atomic E-state index is -0.500. The van der Waals surface area contributed by atoms with Gasteiger partial charge in [0.2, 0.25) is 5.91 Å². The number of nitrogens with two attached hydrogens (primary N) is 1. The van der Waals surface area contributed by atoms with Gasteiger partial charge in [-0.1, -0.05) is 0 Å². The summed E-state index contributed by atoms with van der Waals surface area (Å²) in [6.07, 6.45) is 3.56. The molecule has 0 aliphatic heterocycles.